The van der Waals surface area contributed by atoms with Crippen LogP contribution in [0.25, 0.3) is 0 Å². The lowest BCUT2D eigenvalue weighted by molar-refractivity contribution is -0.143. The lowest BCUT2D eigenvalue weighted by atomic mass is 9.92. The van der Waals surface area contributed by atoms with Crippen LogP contribution < -0.4 is 0 Å². The fourth-order valence-corrected chi connectivity index (χ4v) is 3.02. The van der Waals surface area contributed by atoms with Crippen LogP contribution in [0.5, 0.6) is 0 Å². The fraction of sp³-hybridized carbons (Fsp3) is 0.312. The Kier molecular flexibility index (Phi) is 3.44. The number of aliphatic carboxylic acids is 1. The second-order valence-electron chi connectivity index (χ2n) is 5.49. The van der Waals surface area contributed by atoms with Crippen molar-refractivity contribution in [2.75, 3.05) is 6.54 Å². The summed E-state index contributed by atoms with van der Waals surface area (Å²) < 4.78 is 1.57. The summed E-state index contributed by atoms with van der Waals surface area (Å²) in [4.78, 5) is 25.9. The number of carboxylic acid groups (broad SMARTS) is 1. The summed E-state index contributed by atoms with van der Waals surface area (Å²) in [5.41, 5.74) is 2.74. The van der Waals surface area contributed by atoms with Crippen LogP contribution >= 0.6 is 0 Å². The summed E-state index contributed by atoms with van der Waals surface area (Å²) in [6.45, 7) is 2.14. The van der Waals surface area contributed by atoms with E-state index in [0.29, 0.717) is 29.8 Å². The largest absolute Gasteiger partial charge is 0.479 e. The highest BCUT2D eigenvalue weighted by Crippen LogP contribution is 2.31. The van der Waals surface area contributed by atoms with Crippen LogP contribution in [0, 0.1) is 6.92 Å². The van der Waals surface area contributed by atoms with Gasteiger partial charge in [-0.3, -0.25) is 9.48 Å². The first kappa shape index (κ1) is 14.3. The van der Waals surface area contributed by atoms with Crippen LogP contribution in [0.1, 0.15) is 33.2 Å². The molecule has 114 valence electrons. The minimum Gasteiger partial charge on any atom is -0.479 e. The lowest BCUT2D eigenvalue weighted by Crippen LogP contribution is -2.43. The standard InChI is InChI=1S/C16H17N3O3/c1-10-13(9-18(2)17-10)15(20)19-8-7-11-5-3-4-6-12(11)14(19)16(21)22/h3-6,9,14H,7-8H2,1-2H3,(H,21,22). The van der Waals surface area contributed by atoms with E-state index in [9.17, 15) is 14.7 Å². The Morgan fingerprint density at radius 3 is 2.68 bits per heavy atom. The number of aromatic nitrogens is 2. The van der Waals surface area contributed by atoms with Crippen molar-refractivity contribution in [2.45, 2.75) is 19.4 Å². The van der Waals surface area contributed by atoms with Gasteiger partial charge in [-0.15, -0.1) is 0 Å². The molecule has 1 N–H and O–H groups in total. The maximum atomic E-state index is 12.8. The molecule has 0 saturated carbocycles. The van der Waals surface area contributed by atoms with Crippen molar-refractivity contribution in [3.63, 3.8) is 0 Å². The van der Waals surface area contributed by atoms with E-state index in [2.05, 4.69) is 5.10 Å². The van der Waals surface area contributed by atoms with Gasteiger partial charge >= 0.3 is 5.97 Å². The number of carbonyl (C=O) groups excluding carboxylic acids is 1. The molecular weight excluding hydrogens is 282 g/mol. The number of hydrogen-bond donors (Lipinski definition) is 1. The summed E-state index contributed by atoms with van der Waals surface area (Å²) in [5.74, 6) is -1.30. The lowest BCUT2D eigenvalue weighted by Gasteiger charge is -2.34. The summed E-state index contributed by atoms with van der Waals surface area (Å²) >= 11 is 0. The van der Waals surface area contributed by atoms with Crippen molar-refractivity contribution in [1.29, 1.82) is 0 Å². The Balaban J connectivity index is 2.02. The van der Waals surface area contributed by atoms with Gasteiger partial charge in [0.05, 0.1) is 11.3 Å². The third-order valence-corrected chi connectivity index (χ3v) is 4.02. The SMILES string of the molecule is Cc1nn(C)cc1C(=O)N1CCc2ccccc2C1C(=O)O. The van der Waals surface area contributed by atoms with Crippen LogP contribution in [0.2, 0.25) is 0 Å². The van der Waals surface area contributed by atoms with Crippen LogP contribution in [0.3, 0.4) is 0 Å². The highest BCUT2D eigenvalue weighted by molar-refractivity contribution is 5.98. The Labute approximate surface area is 128 Å². The maximum absolute atomic E-state index is 12.8. The van der Waals surface area contributed by atoms with Gasteiger partial charge in [0.2, 0.25) is 0 Å². The molecule has 1 atom stereocenters. The van der Waals surface area contributed by atoms with Gasteiger partial charge in [0.15, 0.2) is 6.04 Å². The molecule has 1 aliphatic rings. The predicted octanol–water partition coefficient (Wildman–Crippen LogP) is 1.55. The third kappa shape index (κ3) is 2.26. The number of amides is 1. The molecule has 6 nitrogen and oxygen atoms in total. The van der Waals surface area contributed by atoms with E-state index < -0.39 is 12.0 Å². The fourth-order valence-electron chi connectivity index (χ4n) is 3.02. The molecular formula is C16H17N3O3. The van der Waals surface area contributed by atoms with Gasteiger partial charge in [-0.1, -0.05) is 24.3 Å². The summed E-state index contributed by atoms with van der Waals surface area (Å²) in [5, 5.41) is 13.8. The van der Waals surface area contributed by atoms with Gasteiger partial charge in [0.25, 0.3) is 5.91 Å². The first-order valence-corrected chi connectivity index (χ1v) is 7.11. The zero-order chi connectivity index (χ0) is 15.9. The number of carboxylic acids is 1. The second-order valence-corrected chi connectivity index (χ2v) is 5.49. The van der Waals surface area contributed by atoms with Gasteiger partial charge < -0.3 is 10.0 Å². The Bertz CT molecular complexity index is 751. The molecule has 0 bridgehead atoms. The molecule has 6 heteroatoms. The van der Waals surface area contributed by atoms with Crippen molar-refractivity contribution in [3.05, 3.63) is 52.8 Å². The summed E-state index contributed by atoms with van der Waals surface area (Å²) in [7, 11) is 1.74. The number of aryl methyl sites for hydroxylation is 2. The number of carbonyl (C=O) groups is 2. The van der Waals surface area contributed by atoms with Crippen LogP contribution in [-0.2, 0) is 18.3 Å². The van der Waals surface area contributed by atoms with E-state index in [-0.39, 0.29) is 5.91 Å². The van der Waals surface area contributed by atoms with Crippen molar-refractivity contribution in [2.24, 2.45) is 7.05 Å². The Morgan fingerprint density at radius 1 is 1.32 bits per heavy atom. The van der Waals surface area contributed by atoms with E-state index in [1.54, 1.807) is 37.0 Å². The first-order chi connectivity index (χ1) is 10.5. The average molecular weight is 299 g/mol. The van der Waals surface area contributed by atoms with Gasteiger partial charge in [-0.25, -0.2) is 4.79 Å². The monoisotopic (exact) mass is 299 g/mol. The van der Waals surface area contributed by atoms with Crippen molar-refractivity contribution in [1.82, 2.24) is 14.7 Å². The summed E-state index contributed by atoms with van der Waals surface area (Å²) in [6, 6.07) is 6.45. The number of fused-ring (bicyclic) bond motifs is 1. The van der Waals surface area contributed by atoms with Crippen LogP contribution in [0.4, 0.5) is 0 Å². The second kappa shape index (κ2) is 5.29. The third-order valence-electron chi connectivity index (χ3n) is 4.02. The van der Waals surface area contributed by atoms with E-state index in [4.69, 9.17) is 0 Å². The smallest absolute Gasteiger partial charge is 0.331 e. The maximum Gasteiger partial charge on any atom is 0.331 e. The molecule has 1 aliphatic heterocycles. The van der Waals surface area contributed by atoms with Gasteiger partial charge in [0.1, 0.15) is 0 Å². The highest BCUT2D eigenvalue weighted by atomic mass is 16.4. The van der Waals surface area contributed by atoms with Crippen molar-refractivity contribution < 1.29 is 14.7 Å². The van der Waals surface area contributed by atoms with E-state index in [0.717, 1.165) is 5.56 Å². The zero-order valence-corrected chi connectivity index (χ0v) is 12.5. The predicted molar refractivity (Wildman–Crippen MR) is 79.5 cm³/mol. The molecule has 22 heavy (non-hydrogen) atoms. The molecule has 0 saturated heterocycles. The zero-order valence-electron chi connectivity index (χ0n) is 12.5. The molecule has 1 unspecified atom stereocenters. The van der Waals surface area contributed by atoms with E-state index in [1.165, 1.54) is 4.90 Å². The van der Waals surface area contributed by atoms with Gasteiger partial charge in [-0.2, -0.15) is 5.10 Å². The highest BCUT2D eigenvalue weighted by Gasteiger charge is 2.36. The van der Waals surface area contributed by atoms with E-state index in [1.807, 2.05) is 12.1 Å². The van der Waals surface area contributed by atoms with Crippen molar-refractivity contribution in [3.8, 4) is 0 Å². The van der Waals surface area contributed by atoms with Gasteiger partial charge in [-0.05, 0) is 24.5 Å². The number of benzene rings is 1. The van der Waals surface area contributed by atoms with E-state index >= 15 is 0 Å². The molecule has 1 aromatic heterocycles. The molecule has 0 fully saturated rings. The van der Waals surface area contributed by atoms with Gasteiger partial charge in [0, 0.05) is 19.8 Å². The Hall–Kier alpha value is -2.63. The number of hydrogen-bond acceptors (Lipinski definition) is 3. The molecule has 1 aromatic carbocycles. The number of rotatable bonds is 2. The van der Waals surface area contributed by atoms with Crippen LogP contribution in [-0.4, -0.2) is 38.2 Å². The molecule has 3 rings (SSSR count). The minimum atomic E-state index is -1.01. The van der Waals surface area contributed by atoms with Crippen molar-refractivity contribution >= 4 is 11.9 Å². The molecule has 1 amide bonds. The first-order valence-electron chi connectivity index (χ1n) is 7.11. The Morgan fingerprint density at radius 2 is 2.05 bits per heavy atom. The topological polar surface area (TPSA) is 75.4 Å². The molecule has 0 radical (unpaired) electrons. The molecule has 2 aromatic rings. The summed E-state index contributed by atoms with van der Waals surface area (Å²) in [6.07, 6.45) is 2.29. The van der Waals surface area contributed by atoms with Crippen LogP contribution in [0.15, 0.2) is 30.5 Å². The quantitative estimate of drug-likeness (QED) is 0.913. The molecule has 0 aliphatic carbocycles. The number of nitrogens with zero attached hydrogens (tertiary/aromatic N) is 3. The molecule has 0 spiro atoms. The average Bonchev–Trinajstić information content (AvgIpc) is 2.83. The normalized spacial score (nSPS) is 17.2. The molecule has 2 heterocycles. The minimum absolute atomic E-state index is 0.285.